The molecule has 2 aliphatic heterocycles. The van der Waals surface area contributed by atoms with Gasteiger partial charge in [-0.3, -0.25) is 0 Å². The van der Waals surface area contributed by atoms with Crippen LogP contribution in [0.15, 0.2) is 73.3 Å². The number of nitrogens with one attached hydrogen (secondary N) is 1. The minimum absolute atomic E-state index is 0.252. The van der Waals surface area contributed by atoms with E-state index in [1.54, 1.807) is 6.33 Å². The van der Waals surface area contributed by atoms with Gasteiger partial charge < -0.3 is 19.9 Å². The lowest BCUT2D eigenvalue weighted by atomic mass is 10.1. The molecule has 0 aliphatic carbocycles. The second kappa shape index (κ2) is 12.2. The number of benzene rings is 2. The predicted molar refractivity (Wildman–Crippen MR) is 151 cm³/mol. The molecule has 2 fully saturated rings. The number of hydrogen-bond acceptors (Lipinski definition) is 9. The Morgan fingerprint density at radius 1 is 0.744 bits per heavy atom. The van der Waals surface area contributed by atoms with Gasteiger partial charge in [-0.05, 0) is 48.2 Å². The average molecular weight is 523 g/mol. The Morgan fingerprint density at radius 2 is 1.46 bits per heavy atom. The Kier molecular flexibility index (Phi) is 7.86. The van der Waals surface area contributed by atoms with Crippen molar-refractivity contribution < 1.29 is 4.74 Å². The van der Waals surface area contributed by atoms with Gasteiger partial charge in [-0.1, -0.05) is 42.5 Å². The molecule has 9 nitrogen and oxygen atoms in total. The third-order valence-corrected chi connectivity index (χ3v) is 7.24. The van der Waals surface area contributed by atoms with E-state index in [0.29, 0.717) is 6.42 Å². The highest BCUT2D eigenvalue weighted by Gasteiger charge is 2.21. The second-order valence-corrected chi connectivity index (χ2v) is 10.1. The molecule has 1 N–H and O–H groups in total. The van der Waals surface area contributed by atoms with Crippen LogP contribution in [0.4, 0.5) is 11.9 Å². The molecule has 2 saturated heterocycles. The zero-order valence-electron chi connectivity index (χ0n) is 22.1. The molecule has 2 aromatic heterocycles. The van der Waals surface area contributed by atoms with Crippen LogP contribution in [0.5, 0.6) is 5.75 Å². The Labute approximate surface area is 229 Å². The summed E-state index contributed by atoms with van der Waals surface area (Å²) in [6, 6.07) is 18.7. The van der Waals surface area contributed by atoms with Crippen LogP contribution in [0.1, 0.15) is 35.4 Å². The van der Waals surface area contributed by atoms with Crippen LogP contribution in [0.2, 0.25) is 0 Å². The summed E-state index contributed by atoms with van der Waals surface area (Å²) in [5, 5.41) is 3.39. The first kappa shape index (κ1) is 25.2. The van der Waals surface area contributed by atoms with Gasteiger partial charge in [0.15, 0.2) is 0 Å². The molecule has 0 spiro atoms. The molecule has 0 radical (unpaired) electrons. The van der Waals surface area contributed by atoms with Gasteiger partial charge in [-0.2, -0.15) is 4.98 Å². The van der Waals surface area contributed by atoms with Crippen molar-refractivity contribution in [3.05, 3.63) is 95.8 Å². The molecule has 6 rings (SSSR count). The molecule has 39 heavy (non-hydrogen) atoms. The Morgan fingerprint density at radius 3 is 2.18 bits per heavy atom. The zero-order chi connectivity index (χ0) is 26.3. The summed E-state index contributed by atoms with van der Waals surface area (Å²) >= 11 is 0. The van der Waals surface area contributed by atoms with E-state index < -0.39 is 0 Å². The number of anilines is 2. The monoisotopic (exact) mass is 522 g/mol. The van der Waals surface area contributed by atoms with Gasteiger partial charge in [0.2, 0.25) is 11.9 Å². The van der Waals surface area contributed by atoms with E-state index in [4.69, 9.17) is 9.72 Å². The summed E-state index contributed by atoms with van der Waals surface area (Å²) < 4.78 is 6.11. The number of piperidine rings is 1. The number of aromatic nitrogens is 5. The number of rotatable bonds is 8. The topological polar surface area (TPSA) is 92.2 Å². The Bertz CT molecular complexity index is 1320. The van der Waals surface area contributed by atoms with Crippen molar-refractivity contribution in [3.63, 3.8) is 0 Å². The summed E-state index contributed by atoms with van der Waals surface area (Å²) in [6.07, 6.45) is 9.50. The van der Waals surface area contributed by atoms with Crippen LogP contribution in [-0.4, -0.2) is 70.3 Å². The Balaban J connectivity index is 1.01. The van der Waals surface area contributed by atoms with Crippen molar-refractivity contribution in [3.8, 4) is 5.75 Å². The van der Waals surface area contributed by atoms with Crippen molar-refractivity contribution in [2.75, 3.05) is 49.1 Å². The van der Waals surface area contributed by atoms with Crippen molar-refractivity contribution in [2.45, 2.75) is 31.8 Å². The van der Waals surface area contributed by atoms with Gasteiger partial charge >= 0.3 is 0 Å². The van der Waals surface area contributed by atoms with Gasteiger partial charge in [0.05, 0.1) is 0 Å². The summed E-state index contributed by atoms with van der Waals surface area (Å²) in [7, 11) is 0. The third-order valence-electron chi connectivity index (χ3n) is 7.24. The average Bonchev–Trinajstić information content (AvgIpc) is 3.00. The molecule has 4 heterocycles. The summed E-state index contributed by atoms with van der Waals surface area (Å²) in [6.45, 7) is 5.24. The van der Waals surface area contributed by atoms with Crippen LogP contribution in [0.25, 0.3) is 0 Å². The number of ether oxygens (including phenoxy) is 1. The van der Waals surface area contributed by atoms with E-state index >= 15 is 0 Å². The molecule has 0 amide bonds. The first-order valence-corrected chi connectivity index (χ1v) is 13.8. The van der Waals surface area contributed by atoms with E-state index in [1.807, 2.05) is 30.6 Å². The third kappa shape index (κ3) is 6.67. The molecular weight excluding hydrogens is 488 g/mol. The summed E-state index contributed by atoms with van der Waals surface area (Å²) in [5.74, 6) is 3.18. The number of piperazine rings is 1. The van der Waals surface area contributed by atoms with Crippen LogP contribution in [0.3, 0.4) is 0 Å². The standard InChI is InChI=1S/C30H34N8O/c1-2-5-23(6-3-1)17-25-19-32-29(33-20-25)37-13-15-38(16-14-37)30-35-22-34-28(36-30)18-24-8-10-26(11-9-24)39-27-7-4-12-31-21-27/h1-3,5-6,8-11,19-20,22,27,31H,4,7,12-18,21H2/t27-/m0/s1. The van der Waals surface area contributed by atoms with E-state index in [9.17, 15) is 0 Å². The summed E-state index contributed by atoms with van der Waals surface area (Å²) in [5.41, 5.74) is 3.53. The van der Waals surface area contributed by atoms with E-state index in [-0.39, 0.29) is 6.10 Å². The number of nitrogens with zero attached hydrogens (tertiary/aromatic N) is 7. The quantitative estimate of drug-likeness (QED) is 0.374. The fourth-order valence-corrected chi connectivity index (χ4v) is 5.08. The van der Waals surface area contributed by atoms with Gasteiger partial charge in [0, 0.05) is 58.0 Å². The minimum atomic E-state index is 0.252. The molecule has 1 atom stereocenters. The highest BCUT2D eigenvalue weighted by atomic mass is 16.5. The maximum atomic E-state index is 6.11. The van der Waals surface area contributed by atoms with Crippen molar-refractivity contribution >= 4 is 11.9 Å². The Hall–Kier alpha value is -4.11. The van der Waals surface area contributed by atoms with Gasteiger partial charge in [-0.25, -0.2) is 19.9 Å². The zero-order valence-corrected chi connectivity index (χ0v) is 22.1. The van der Waals surface area contributed by atoms with E-state index in [0.717, 1.165) is 93.1 Å². The van der Waals surface area contributed by atoms with Gasteiger partial charge in [-0.15, -0.1) is 0 Å². The van der Waals surface area contributed by atoms with E-state index in [2.05, 4.69) is 71.5 Å². The molecule has 0 unspecified atom stereocenters. The molecule has 2 aromatic carbocycles. The molecule has 2 aliphatic rings. The minimum Gasteiger partial charge on any atom is -0.489 e. The first-order valence-electron chi connectivity index (χ1n) is 13.8. The highest BCUT2D eigenvalue weighted by Crippen LogP contribution is 2.19. The molecule has 0 bridgehead atoms. The lowest BCUT2D eigenvalue weighted by Gasteiger charge is -2.34. The predicted octanol–water partition coefficient (Wildman–Crippen LogP) is 3.30. The van der Waals surface area contributed by atoms with Crippen LogP contribution >= 0.6 is 0 Å². The van der Waals surface area contributed by atoms with Gasteiger partial charge in [0.25, 0.3) is 0 Å². The molecular formula is C30H34N8O. The lowest BCUT2D eigenvalue weighted by molar-refractivity contribution is 0.167. The van der Waals surface area contributed by atoms with Crippen LogP contribution in [0, 0.1) is 0 Å². The largest absolute Gasteiger partial charge is 0.489 e. The first-order chi connectivity index (χ1) is 19.3. The maximum Gasteiger partial charge on any atom is 0.228 e. The molecule has 4 aromatic rings. The van der Waals surface area contributed by atoms with E-state index in [1.165, 1.54) is 5.56 Å². The van der Waals surface area contributed by atoms with Crippen molar-refractivity contribution in [2.24, 2.45) is 0 Å². The van der Waals surface area contributed by atoms with Crippen molar-refractivity contribution in [1.82, 2.24) is 30.2 Å². The highest BCUT2D eigenvalue weighted by molar-refractivity contribution is 5.38. The molecule has 0 saturated carbocycles. The normalized spacial score (nSPS) is 17.7. The number of hydrogen-bond donors (Lipinski definition) is 1. The fraction of sp³-hybridized carbons (Fsp3) is 0.367. The lowest BCUT2D eigenvalue weighted by Crippen LogP contribution is -2.47. The second-order valence-electron chi connectivity index (χ2n) is 10.1. The van der Waals surface area contributed by atoms with Gasteiger partial charge in [0.1, 0.15) is 24.0 Å². The maximum absolute atomic E-state index is 6.11. The SMILES string of the molecule is c1ccc(Cc2cnc(N3CCN(c4ncnc(Cc5ccc(O[C@H]6CCCNC6)cc5)n4)CC3)nc2)cc1. The smallest absolute Gasteiger partial charge is 0.228 e. The fourth-order valence-electron chi connectivity index (χ4n) is 5.08. The molecule has 200 valence electrons. The summed E-state index contributed by atoms with van der Waals surface area (Å²) in [4.78, 5) is 27.4. The van der Waals surface area contributed by atoms with Crippen LogP contribution in [-0.2, 0) is 12.8 Å². The molecule has 9 heteroatoms. The van der Waals surface area contributed by atoms with Crippen molar-refractivity contribution in [1.29, 1.82) is 0 Å². The van der Waals surface area contributed by atoms with Crippen LogP contribution < -0.4 is 19.9 Å².